The lowest BCUT2D eigenvalue weighted by Crippen LogP contribution is -2.33. The first-order chi connectivity index (χ1) is 8.54. The highest BCUT2D eigenvalue weighted by Gasteiger charge is 2.11. The number of aryl methyl sites for hydroxylation is 2. The number of hydrogen-bond acceptors (Lipinski definition) is 2. The first-order valence-electron chi connectivity index (χ1n) is 6.96. The van der Waals surface area contributed by atoms with Gasteiger partial charge in [-0.15, -0.1) is 0 Å². The molecule has 0 saturated heterocycles. The van der Waals surface area contributed by atoms with Crippen molar-refractivity contribution in [2.45, 2.75) is 34.2 Å². The van der Waals surface area contributed by atoms with Gasteiger partial charge in [0.05, 0.1) is 0 Å². The number of hydrogen-bond donors (Lipinski definition) is 2. The summed E-state index contributed by atoms with van der Waals surface area (Å²) >= 11 is 0. The van der Waals surface area contributed by atoms with E-state index in [0.29, 0.717) is 11.8 Å². The molecule has 2 heteroatoms. The second-order valence-corrected chi connectivity index (χ2v) is 5.62. The summed E-state index contributed by atoms with van der Waals surface area (Å²) in [6, 6.07) is 6.68. The fraction of sp³-hybridized carbons (Fsp3) is 0.625. The average Bonchev–Trinajstić information content (AvgIpc) is 2.30. The number of nitrogens with one attached hydrogen (secondary N) is 2. The topological polar surface area (TPSA) is 24.1 Å². The SMILES string of the molecule is CNCC(CNCc1ccc(C)cc1C)C(C)C. The Labute approximate surface area is 112 Å². The second-order valence-electron chi connectivity index (χ2n) is 5.62. The van der Waals surface area contributed by atoms with Crippen molar-refractivity contribution < 1.29 is 0 Å². The summed E-state index contributed by atoms with van der Waals surface area (Å²) in [5.74, 6) is 1.41. The fourth-order valence-corrected chi connectivity index (χ4v) is 2.24. The van der Waals surface area contributed by atoms with Crippen LogP contribution in [-0.4, -0.2) is 20.1 Å². The van der Waals surface area contributed by atoms with Gasteiger partial charge >= 0.3 is 0 Å². The molecule has 0 spiro atoms. The van der Waals surface area contributed by atoms with Gasteiger partial charge in [0.2, 0.25) is 0 Å². The lowest BCUT2D eigenvalue weighted by atomic mass is 9.95. The standard InChI is InChI=1S/C16H28N2/c1-12(2)16(9-17-5)11-18-10-15-7-6-13(3)8-14(15)4/h6-8,12,16-18H,9-11H2,1-5H3. The predicted octanol–water partition coefficient (Wildman–Crippen LogP) is 2.88. The number of benzene rings is 1. The normalized spacial score (nSPS) is 13.0. The van der Waals surface area contributed by atoms with Crippen molar-refractivity contribution in [2.75, 3.05) is 20.1 Å². The van der Waals surface area contributed by atoms with E-state index in [0.717, 1.165) is 19.6 Å². The van der Waals surface area contributed by atoms with E-state index in [9.17, 15) is 0 Å². The molecule has 1 aromatic rings. The second kappa shape index (κ2) is 7.55. The van der Waals surface area contributed by atoms with E-state index in [-0.39, 0.29) is 0 Å². The maximum absolute atomic E-state index is 3.59. The molecule has 0 heterocycles. The molecule has 0 bridgehead atoms. The molecule has 1 rings (SSSR count). The van der Waals surface area contributed by atoms with Gasteiger partial charge in [0, 0.05) is 6.54 Å². The van der Waals surface area contributed by atoms with Crippen molar-refractivity contribution in [3.8, 4) is 0 Å². The predicted molar refractivity (Wildman–Crippen MR) is 79.9 cm³/mol. The minimum absolute atomic E-state index is 0.695. The van der Waals surface area contributed by atoms with Gasteiger partial charge in [-0.05, 0) is 56.9 Å². The van der Waals surface area contributed by atoms with Gasteiger partial charge in [0.25, 0.3) is 0 Å². The van der Waals surface area contributed by atoms with Crippen LogP contribution < -0.4 is 10.6 Å². The third kappa shape index (κ3) is 4.79. The monoisotopic (exact) mass is 248 g/mol. The zero-order valence-corrected chi connectivity index (χ0v) is 12.5. The lowest BCUT2D eigenvalue weighted by Gasteiger charge is -2.21. The summed E-state index contributed by atoms with van der Waals surface area (Å²) in [6.45, 7) is 12.0. The maximum atomic E-state index is 3.59. The molecule has 0 aliphatic rings. The molecule has 2 nitrogen and oxygen atoms in total. The Kier molecular flexibility index (Phi) is 6.37. The smallest absolute Gasteiger partial charge is 0.0208 e. The summed E-state index contributed by atoms with van der Waals surface area (Å²) < 4.78 is 0. The van der Waals surface area contributed by atoms with Crippen molar-refractivity contribution in [1.82, 2.24) is 10.6 Å². The quantitative estimate of drug-likeness (QED) is 0.775. The molecule has 102 valence electrons. The third-order valence-corrected chi connectivity index (χ3v) is 3.63. The molecule has 1 atom stereocenters. The molecule has 0 fully saturated rings. The molecule has 18 heavy (non-hydrogen) atoms. The average molecular weight is 248 g/mol. The minimum atomic E-state index is 0.695. The van der Waals surface area contributed by atoms with Crippen LogP contribution in [0.4, 0.5) is 0 Å². The van der Waals surface area contributed by atoms with E-state index in [1.54, 1.807) is 0 Å². The van der Waals surface area contributed by atoms with Gasteiger partial charge in [-0.2, -0.15) is 0 Å². The van der Waals surface area contributed by atoms with E-state index in [4.69, 9.17) is 0 Å². The Hall–Kier alpha value is -0.860. The van der Waals surface area contributed by atoms with Gasteiger partial charge in [0.1, 0.15) is 0 Å². The van der Waals surface area contributed by atoms with Gasteiger partial charge in [-0.1, -0.05) is 37.6 Å². The molecule has 0 aliphatic carbocycles. The van der Waals surface area contributed by atoms with Gasteiger partial charge < -0.3 is 10.6 Å². The third-order valence-electron chi connectivity index (χ3n) is 3.63. The Morgan fingerprint density at radius 2 is 1.83 bits per heavy atom. The first kappa shape index (κ1) is 15.2. The molecular formula is C16H28N2. The lowest BCUT2D eigenvalue weighted by molar-refractivity contribution is 0.352. The molecule has 0 aliphatic heterocycles. The summed E-state index contributed by atoms with van der Waals surface area (Å²) in [5, 5.41) is 6.86. The summed E-state index contributed by atoms with van der Waals surface area (Å²) in [5.41, 5.74) is 4.14. The van der Waals surface area contributed by atoms with Crippen molar-refractivity contribution in [1.29, 1.82) is 0 Å². The fourth-order valence-electron chi connectivity index (χ4n) is 2.24. The van der Waals surface area contributed by atoms with Crippen molar-refractivity contribution >= 4 is 0 Å². The molecule has 0 saturated carbocycles. The van der Waals surface area contributed by atoms with Crippen LogP contribution in [0.5, 0.6) is 0 Å². The van der Waals surface area contributed by atoms with E-state index < -0.39 is 0 Å². The largest absolute Gasteiger partial charge is 0.319 e. The maximum Gasteiger partial charge on any atom is 0.0208 e. The summed E-state index contributed by atoms with van der Waals surface area (Å²) in [7, 11) is 2.03. The summed E-state index contributed by atoms with van der Waals surface area (Å²) in [4.78, 5) is 0. The minimum Gasteiger partial charge on any atom is -0.319 e. The van der Waals surface area contributed by atoms with Crippen LogP contribution in [0.25, 0.3) is 0 Å². The zero-order chi connectivity index (χ0) is 13.5. The van der Waals surface area contributed by atoms with Crippen LogP contribution in [0.3, 0.4) is 0 Å². The van der Waals surface area contributed by atoms with Crippen LogP contribution in [0.2, 0.25) is 0 Å². The Morgan fingerprint density at radius 1 is 1.11 bits per heavy atom. The van der Waals surface area contributed by atoms with E-state index >= 15 is 0 Å². The van der Waals surface area contributed by atoms with E-state index in [1.165, 1.54) is 16.7 Å². The van der Waals surface area contributed by atoms with Crippen molar-refractivity contribution in [3.63, 3.8) is 0 Å². The van der Waals surface area contributed by atoms with Crippen LogP contribution in [0, 0.1) is 25.7 Å². The highest BCUT2D eigenvalue weighted by molar-refractivity contribution is 5.30. The van der Waals surface area contributed by atoms with Crippen molar-refractivity contribution in [2.24, 2.45) is 11.8 Å². The van der Waals surface area contributed by atoms with Crippen LogP contribution >= 0.6 is 0 Å². The molecule has 1 aromatic carbocycles. The van der Waals surface area contributed by atoms with Crippen molar-refractivity contribution in [3.05, 3.63) is 34.9 Å². The Morgan fingerprint density at radius 3 is 2.39 bits per heavy atom. The molecule has 0 radical (unpaired) electrons. The van der Waals surface area contributed by atoms with Crippen LogP contribution in [0.1, 0.15) is 30.5 Å². The van der Waals surface area contributed by atoms with Gasteiger partial charge in [-0.3, -0.25) is 0 Å². The Balaban J connectivity index is 2.45. The number of rotatable bonds is 7. The molecule has 2 N–H and O–H groups in total. The van der Waals surface area contributed by atoms with E-state index in [2.05, 4.69) is 56.5 Å². The van der Waals surface area contributed by atoms with Crippen LogP contribution in [0.15, 0.2) is 18.2 Å². The molecule has 0 aromatic heterocycles. The Bertz CT molecular complexity index is 358. The highest BCUT2D eigenvalue weighted by atomic mass is 14.9. The molecular weight excluding hydrogens is 220 g/mol. The van der Waals surface area contributed by atoms with Crippen LogP contribution in [-0.2, 0) is 6.54 Å². The highest BCUT2D eigenvalue weighted by Crippen LogP contribution is 2.12. The zero-order valence-electron chi connectivity index (χ0n) is 12.5. The molecule has 0 amide bonds. The summed E-state index contributed by atoms with van der Waals surface area (Å²) in [6.07, 6.45) is 0. The van der Waals surface area contributed by atoms with Gasteiger partial charge in [-0.25, -0.2) is 0 Å². The van der Waals surface area contributed by atoms with E-state index in [1.807, 2.05) is 7.05 Å². The molecule has 1 unspecified atom stereocenters. The first-order valence-corrected chi connectivity index (χ1v) is 6.96. The van der Waals surface area contributed by atoms with Gasteiger partial charge in [0.15, 0.2) is 0 Å².